The van der Waals surface area contributed by atoms with Gasteiger partial charge in [0.25, 0.3) is 0 Å². The summed E-state index contributed by atoms with van der Waals surface area (Å²) in [5.41, 5.74) is 0. The van der Waals surface area contributed by atoms with Gasteiger partial charge >= 0.3 is 0 Å². The Morgan fingerprint density at radius 1 is 1.33 bits per heavy atom. The van der Waals surface area contributed by atoms with Crippen LogP contribution in [0.2, 0.25) is 0 Å². The molecule has 0 unspecified atom stereocenters. The lowest BCUT2D eigenvalue weighted by atomic mass is 10.0. The Balaban J connectivity index is 3.69. The molecule has 0 aliphatic heterocycles. The van der Waals surface area contributed by atoms with Crippen LogP contribution in [0.25, 0.3) is 0 Å². The quantitative estimate of drug-likeness (QED) is 0.444. The maximum absolute atomic E-state index is 11.0. The summed E-state index contributed by atoms with van der Waals surface area (Å²) in [6.45, 7) is 3.52. The van der Waals surface area contributed by atoms with Crippen molar-refractivity contribution in [3.63, 3.8) is 0 Å². The molecule has 0 aromatic heterocycles. The number of hydrogen-bond donors (Lipinski definition) is 0. The van der Waals surface area contributed by atoms with Crippen LogP contribution in [0, 0.1) is 5.92 Å². The van der Waals surface area contributed by atoms with Gasteiger partial charge in [-0.3, -0.25) is 9.59 Å². The van der Waals surface area contributed by atoms with Crippen LogP contribution in [0.5, 0.6) is 0 Å². The minimum absolute atomic E-state index is 0.0223. The third-order valence-corrected chi connectivity index (χ3v) is 1.56. The second kappa shape index (κ2) is 5.63. The van der Waals surface area contributed by atoms with Crippen molar-refractivity contribution in [3.05, 3.63) is 0 Å². The zero-order chi connectivity index (χ0) is 9.56. The molecular weight excluding hydrogens is 156 g/mol. The van der Waals surface area contributed by atoms with Gasteiger partial charge in [0, 0.05) is 18.8 Å². The first-order valence-corrected chi connectivity index (χ1v) is 4.06. The lowest BCUT2D eigenvalue weighted by Gasteiger charge is -2.01. The summed E-state index contributed by atoms with van der Waals surface area (Å²) in [6.07, 6.45) is 1.09. The summed E-state index contributed by atoms with van der Waals surface area (Å²) in [4.78, 5) is 31.8. The van der Waals surface area contributed by atoms with Crippen molar-refractivity contribution < 1.29 is 14.4 Å². The van der Waals surface area contributed by atoms with Crippen molar-refractivity contribution in [1.29, 1.82) is 0 Å². The number of Topliss-reactive ketones (excluding diaryl/α,β-unsaturated/α-hetero) is 2. The SMILES string of the molecule is CC(C)C(=O)CC(=O)CCC=O. The molecule has 0 N–H and O–H groups in total. The molecule has 0 spiro atoms. The van der Waals surface area contributed by atoms with Gasteiger partial charge in [-0.15, -0.1) is 0 Å². The standard InChI is InChI=1S/C9H14O3/c1-7(2)9(12)6-8(11)4-3-5-10/h5,7H,3-4,6H2,1-2H3. The first-order valence-electron chi connectivity index (χ1n) is 4.06. The van der Waals surface area contributed by atoms with Gasteiger partial charge in [-0.2, -0.15) is 0 Å². The largest absolute Gasteiger partial charge is 0.303 e. The van der Waals surface area contributed by atoms with Gasteiger partial charge in [0.2, 0.25) is 0 Å². The molecule has 0 bridgehead atoms. The van der Waals surface area contributed by atoms with Crippen LogP contribution < -0.4 is 0 Å². The fraction of sp³-hybridized carbons (Fsp3) is 0.667. The second-order valence-corrected chi connectivity index (χ2v) is 3.04. The second-order valence-electron chi connectivity index (χ2n) is 3.04. The van der Waals surface area contributed by atoms with Crippen LogP contribution in [0.15, 0.2) is 0 Å². The number of carbonyl (C=O) groups excluding carboxylic acids is 3. The molecule has 0 aromatic carbocycles. The Hall–Kier alpha value is -0.990. The van der Waals surface area contributed by atoms with Gasteiger partial charge in [0.05, 0.1) is 6.42 Å². The number of ketones is 2. The summed E-state index contributed by atoms with van der Waals surface area (Å²) in [7, 11) is 0. The van der Waals surface area contributed by atoms with E-state index in [9.17, 15) is 14.4 Å². The van der Waals surface area contributed by atoms with E-state index in [1.165, 1.54) is 0 Å². The van der Waals surface area contributed by atoms with E-state index in [1.54, 1.807) is 13.8 Å². The van der Waals surface area contributed by atoms with E-state index in [1.807, 2.05) is 0 Å². The van der Waals surface area contributed by atoms with Gasteiger partial charge in [-0.1, -0.05) is 13.8 Å². The Morgan fingerprint density at radius 2 is 1.92 bits per heavy atom. The monoisotopic (exact) mass is 170 g/mol. The van der Waals surface area contributed by atoms with Gasteiger partial charge < -0.3 is 4.79 Å². The minimum Gasteiger partial charge on any atom is -0.303 e. The molecule has 0 saturated carbocycles. The van der Waals surface area contributed by atoms with Crippen LogP contribution in [0.1, 0.15) is 33.1 Å². The number of hydrogen-bond acceptors (Lipinski definition) is 3. The summed E-state index contributed by atoms with van der Waals surface area (Å²) in [5, 5.41) is 0. The average Bonchev–Trinajstić information content (AvgIpc) is 2.00. The first kappa shape index (κ1) is 11.0. The highest BCUT2D eigenvalue weighted by Gasteiger charge is 2.11. The number of carbonyl (C=O) groups is 3. The summed E-state index contributed by atoms with van der Waals surface area (Å²) in [6, 6.07) is 0. The molecule has 0 rings (SSSR count). The third-order valence-electron chi connectivity index (χ3n) is 1.56. The van der Waals surface area contributed by atoms with Crippen molar-refractivity contribution in [3.8, 4) is 0 Å². The number of aldehydes is 1. The molecule has 0 amide bonds. The Kier molecular flexibility index (Phi) is 5.17. The van der Waals surface area contributed by atoms with E-state index >= 15 is 0 Å². The van der Waals surface area contributed by atoms with Gasteiger partial charge in [0.1, 0.15) is 17.9 Å². The first-order chi connectivity index (χ1) is 5.57. The average molecular weight is 170 g/mol. The zero-order valence-corrected chi connectivity index (χ0v) is 7.50. The van der Waals surface area contributed by atoms with Crippen molar-refractivity contribution in [2.45, 2.75) is 33.1 Å². The molecule has 0 aliphatic carbocycles. The Morgan fingerprint density at radius 3 is 2.33 bits per heavy atom. The molecule has 0 fully saturated rings. The molecule has 3 nitrogen and oxygen atoms in total. The summed E-state index contributed by atoms with van der Waals surface area (Å²) >= 11 is 0. The molecule has 68 valence electrons. The molecule has 0 atom stereocenters. The maximum atomic E-state index is 11.0. The zero-order valence-electron chi connectivity index (χ0n) is 7.50. The van der Waals surface area contributed by atoms with Crippen molar-refractivity contribution in [1.82, 2.24) is 0 Å². The van der Waals surface area contributed by atoms with Gasteiger partial charge in [0.15, 0.2) is 0 Å². The molecule has 0 heterocycles. The van der Waals surface area contributed by atoms with E-state index < -0.39 is 0 Å². The van der Waals surface area contributed by atoms with Crippen molar-refractivity contribution in [2.24, 2.45) is 5.92 Å². The predicted octanol–water partition coefficient (Wildman–Crippen LogP) is 1.15. The molecule has 0 saturated heterocycles. The molecular formula is C9H14O3. The van der Waals surface area contributed by atoms with Crippen LogP contribution in [0.3, 0.4) is 0 Å². The molecule has 0 aromatic rings. The Bertz CT molecular complexity index is 182. The smallest absolute Gasteiger partial charge is 0.142 e. The predicted molar refractivity (Wildman–Crippen MR) is 44.8 cm³/mol. The van der Waals surface area contributed by atoms with Gasteiger partial charge in [-0.05, 0) is 0 Å². The van der Waals surface area contributed by atoms with E-state index in [4.69, 9.17) is 0 Å². The maximum Gasteiger partial charge on any atom is 0.142 e. The molecule has 12 heavy (non-hydrogen) atoms. The summed E-state index contributed by atoms with van der Waals surface area (Å²) < 4.78 is 0. The molecule has 3 heteroatoms. The normalized spacial score (nSPS) is 9.92. The lowest BCUT2D eigenvalue weighted by molar-refractivity contribution is -0.129. The molecule has 0 radical (unpaired) electrons. The van der Waals surface area contributed by atoms with E-state index in [2.05, 4.69) is 0 Å². The molecule has 0 aliphatic rings. The topological polar surface area (TPSA) is 51.2 Å². The third kappa shape index (κ3) is 4.77. The lowest BCUT2D eigenvalue weighted by Crippen LogP contribution is -2.13. The fourth-order valence-electron chi connectivity index (χ4n) is 0.707. The summed E-state index contributed by atoms with van der Waals surface area (Å²) in [5.74, 6) is -0.281. The minimum atomic E-state index is -0.138. The fourth-order valence-corrected chi connectivity index (χ4v) is 0.707. The van der Waals surface area contributed by atoms with Crippen molar-refractivity contribution >= 4 is 17.9 Å². The van der Waals surface area contributed by atoms with Crippen LogP contribution in [-0.2, 0) is 14.4 Å². The van der Waals surface area contributed by atoms with E-state index in [-0.39, 0.29) is 36.7 Å². The van der Waals surface area contributed by atoms with Crippen LogP contribution in [-0.4, -0.2) is 17.9 Å². The van der Waals surface area contributed by atoms with Crippen LogP contribution in [0.4, 0.5) is 0 Å². The van der Waals surface area contributed by atoms with Crippen molar-refractivity contribution in [2.75, 3.05) is 0 Å². The number of rotatable bonds is 6. The van der Waals surface area contributed by atoms with E-state index in [0.717, 1.165) is 0 Å². The highest BCUT2D eigenvalue weighted by Crippen LogP contribution is 2.01. The van der Waals surface area contributed by atoms with Crippen LogP contribution >= 0.6 is 0 Å². The van der Waals surface area contributed by atoms with E-state index in [0.29, 0.717) is 6.29 Å². The highest BCUT2D eigenvalue weighted by atomic mass is 16.1. The Labute approximate surface area is 72.1 Å². The highest BCUT2D eigenvalue weighted by molar-refractivity contribution is 6.00. The van der Waals surface area contributed by atoms with Gasteiger partial charge in [-0.25, -0.2) is 0 Å².